The van der Waals surface area contributed by atoms with Crippen LogP contribution >= 0.6 is 0 Å². The summed E-state index contributed by atoms with van der Waals surface area (Å²) < 4.78 is 7.58. The zero-order chi connectivity index (χ0) is 13.2. The van der Waals surface area contributed by atoms with Gasteiger partial charge in [0.2, 0.25) is 0 Å². The smallest absolute Gasteiger partial charge is 0.122 e. The molecule has 1 aromatic heterocycles. The topological polar surface area (TPSA) is 53.1 Å². The number of nitrogens with two attached hydrogens (primary N) is 1. The number of aryl methyl sites for hydroxylation is 2. The molecule has 1 aromatic carbocycles. The zero-order valence-corrected chi connectivity index (χ0v) is 11.2. The van der Waals surface area contributed by atoms with Crippen molar-refractivity contribution in [1.29, 1.82) is 0 Å². The van der Waals surface area contributed by atoms with E-state index in [1.807, 2.05) is 11.7 Å². The molecule has 0 aliphatic carbocycles. The van der Waals surface area contributed by atoms with Crippen LogP contribution in [0.5, 0.6) is 5.75 Å². The Bertz CT molecular complexity index is 589. The van der Waals surface area contributed by atoms with Gasteiger partial charge in [0.15, 0.2) is 0 Å². The highest BCUT2D eigenvalue weighted by molar-refractivity contribution is 5.63. The molecule has 4 nitrogen and oxygen atoms in total. The molecule has 1 aliphatic rings. The van der Waals surface area contributed by atoms with Crippen molar-refractivity contribution in [1.82, 2.24) is 9.78 Å². The maximum absolute atomic E-state index is 5.65. The van der Waals surface area contributed by atoms with Gasteiger partial charge in [-0.05, 0) is 49.2 Å². The van der Waals surface area contributed by atoms with Crippen LogP contribution in [0, 0.1) is 0 Å². The van der Waals surface area contributed by atoms with Gasteiger partial charge in [0, 0.05) is 19.0 Å². The molecule has 0 unspecified atom stereocenters. The second-order valence-electron chi connectivity index (χ2n) is 4.96. The first kappa shape index (κ1) is 12.2. The Morgan fingerprint density at radius 3 is 3.11 bits per heavy atom. The minimum absolute atomic E-state index is 0.633. The van der Waals surface area contributed by atoms with E-state index in [0.29, 0.717) is 6.54 Å². The monoisotopic (exact) mass is 257 g/mol. The first-order chi connectivity index (χ1) is 9.28. The number of rotatable bonds is 3. The van der Waals surface area contributed by atoms with E-state index in [4.69, 9.17) is 10.5 Å². The highest BCUT2D eigenvalue weighted by Crippen LogP contribution is 2.30. The maximum Gasteiger partial charge on any atom is 0.122 e. The molecule has 0 radical (unpaired) electrons. The summed E-state index contributed by atoms with van der Waals surface area (Å²) >= 11 is 0. The van der Waals surface area contributed by atoms with Gasteiger partial charge in [0.05, 0.1) is 18.0 Å². The lowest BCUT2D eigenvalue weighted by Crippen LogP contribution is -2.08. The fourth-order valence-corrected chi connectivity index (χ4v) is 2.59. The number of ether oxygens (including phenoxy) is 1. The molecule has 3 rings (SSSR count). The fourth-order valence-electron chi connectivity index (χ4n) is 2.59. The second kappa shape index (κ2) is 5.05. The third-order valence-electron chi connectivity index (χ3n) is 3.54. The third-order valence-corrected chi connectivity index (χ3v) is 3.54. The largest absolute Gasteiger partial charge is 0.493 e. The van der Waals surface area contributed by atoms with Crippen LogP contribution in [-0.4, -0.2) is 22.9 Å². The molecule has 2 N–H and O–H groups in total. The molecule has 0 fully saturated rings. The van der Waals surface area contributed by atoms with Crippen LogP contribution in [0.3, 0.4) is 0 Å². The van der Waals surface area contributed by atoms with Crippen molar-refractivity contribution in [3.63, 3.8) is 0 Å². The molecular formula is C15H19N3O. The third kappa shape index (κ3) is 2.36. The van der Waals surface area contributed by atoms with Crippen molar-refractivity contribution < 1.29 is 4.74 Å². The summed E-state index contributed by atoms with van der Waals surface area (Å²) in [6, 6.07) is 8.52. The van der Waals surface area contributed by atoms with Crippen LogP contribution < -0.4 is 10.5 Å². The van der Waals surface area contributed by atoms with E-state index in [-0.39, 0.29) is 0 Å². The summed E-state index contributed by atoms with van der Waals surface area (Å²) in [5.74, 6) is 1.03. The van der Waals surface area contributed by atoms with Crippen molar-refractivity contribution in [2.45, 2.75) is 19.3 Å². The van der Waals surface area contributed by atoms with Crippen LogP contribution in [0.1, 0.15) is 17.7 Å². The lowest BCUT2D eigenvalue weighted by atomic mass is 10.0. The molecular weight excluding hydrogens is 238 g/mol. The number of benzene rings is 1. The maximum atomic E-state index is 5.65. The standard InChI is InChI=1S/C15H19N3O/c1-18-14(10-13(17-18)6-7-16)11-4-5-15-12(9-11)3-2-8-19-15/h4-5,9-10H,2-3,6-8,16H2,1H3. The van der Waals surface area contributed by atoms with Crippen molar-refractivity contribution in [3.8, 4) is 17.0 Å². The molecule has 0 atom stereocenters. The molecule has 0 bridgehead atoms. The summed E-state index contributed by atoms with van der Waals surface area (Å²) in [4.78, 5) is 0. The van der Waals surface area contributed by atoms with Gasteiger partial charge in [0.25, 0.3) is 0 Å². The summed E-state index contributed by atoms with van der Waals surface area (Å²) in [6.45, 7) is 1.47. The second-order valence-corrected chi connectivity index (χ2v) is 4.96. The summed E-state index contributed by atoms with van der Waals surface area (Å²) in [5.41, 5.74) is 10.3. The predicted molar refractivity (Wildman–Crippen MR) is 75.2 cm³/mol. The van der Waals surface area contributed by atoms with Crippen LogP contribution in [0.15, 0.2) is 24.3 Å². The number of hydrogen-bond acceptors (Lipinski definition) is 3. The first-order valence-electron chi connectivity index (χ1n) is 6.77. The molecule has 0 saturated heterocycles. The minimum Gasteiger partial charge on any atom is -0.493 e. The lowest BCUT2D eigenvalue weighted by molar-refractivity contribution is 0.288. The van der Waals surface area contributed by atoms with E-state index in [2.05, 4.69) is 29.4 Å². The Balaban J connectivity index is 1.97. The fraction of sp³-hybridized carbons (Fsp3) is 0.400. The molecule has 2 aromatic rings. The zero-order valence-electron chi connectivity index (χ0n) is 11.2. The van der Waals surface area contributed by atoms with Crippen LogP contribution in [0.25, 0.3) is 11.3 Å². The predicted octanol–water partition coefficient (Wildman–Crippen LogP) is 1.91. The van der Waals surface area contributed by atoms with Gasteiger partial charge in [-0.15, -0.1) is 0 Å². The highest BCUT2D eigenvalue weighted by Gasteiger charge is 2.13. The quantitative estimate of drug-likeness (QED) is 0.914. The Labute approximate surface area is 113 Å². The van der Waals surface area contributed by atoms with Crippen molar-refractivity contribution in [2.75, 3.05) is 13.2 Å². The summed E-state index contributed by atoms with van der Waals surface area (Å²) in [5, 5.41) is 4.49. The SMILES string of the molecule is Cn1nc(CCN)cc1-c1ccc2c(c1)CCCO2. The van der Waals surface area contributed by atoms with Crippen molar-refractivity contribution in [3.05, 3.63) is 35.5 Å². The van der Waals surface area contributed by atoms with Gasteiger partial charge >= 0.3 is 0 Å². The van der Waals surface area contributed by atoms with Gasteiger partial charge < -0.3 is 10.5 Å². The van der Waals surface area contributed by atoms with Crippen molar-refractivity contribution in [2.24, 2.45) is 12.8 Å². The normalized spacial score (nSPS) is 14.0. The average Bonchev–Trinajstić information content (AvgIpc) is 2.79. The van der Waals surface area contributed by atoms with Gasteiger partial charge in [-0.3, -0.25) is 4.68 Å². The first-order valence-corrected chi connectivity index (χ1v) is 6.77. The van der Waals surface area contributed by atoms with Crippen LogP contribution in [0.2, 0.25) is 0 Å². The minimum atomic E-state index is 0.633. The van der Waals surface area contributed by atoms with E-state index in [1.54, 1.807) is 0 Å². The van der Waals surface area contributed by atoms with E-state index in [1.165, 1.54) is 11.1 Å². The highest BCUT2D eigenvalue weighted by atomic mass is 16.5. The molecule has 2 heterocycles. The number of fused-ring (bicyclic) bond motifs is 1. The molecule has 0 amide bonds. The van der Waals surface area contributed by atoms with Gasteiger partial charge in [0.1, 0.15) is 5.75 Å². The number of nitrogens with zero attached hydrogens (tertiary/aromatic N) is 2. The molecule has 4 heteroatoms. The van der Waals surface area contributed by atoms with E-state index in [9.17, 15) is 0 Å². The van der Waals surface area contributed by atoms with E-state index < -0.39 is 0 Å². The molecule has 0 saturated carbocycles. The molecule has 100 valence electrons. The van der Waals surface area contributed by atoms with E-state index in [0.717, 1.165) is 43.0 Å². The average molecular weight is 257 g/mol. The Kier molecular flexibility index (Phi) is 3.25. The van der Waals surface area contributed by atoms with Gasteiger partial charge in [-0.1, -0.05) is 0 Å². The molecule has 19 heavy (non-hydrogen) atoms. The lowest BCUT2D eigenvalue weighted by Gasteiger charge is -2.17. The van der Waals surface area contributed by atoms with Crippen molar-refractivity contribution >= 4 is 0 Å². The Hall–Kier alpha value is -1.81. The Morgan fingerprint density at radius 2 is 2.26 bits per heavy atom. The van der Waals surface area contributed by atoms with Crippen LogP contribution in [-0.2, 0) is 19.9 Å². The van der Waals surface area contributed by atoms with E-state index >= 15 is 0 Å². The molecule has 0 spiro atoms. The summed E-state index contributed by atoms with van der Waals surface area (Å²) in [7, 11) is 1.98. The van der Waals surface area contributed by atoms with Crippen LogP contribution in [0.4, 0.5) is 0 Å². The number of hydrogen-bond donors (Lipinski definition) is 1. The van der Waals surface area contributed by atoms with Gasteiger partial charge in [-0.2, -0.15) is 5.10 Å². The van der Waals surface area contributed by atoms with Gasteiger partial charge in [-0.25, -0.2) is 0 Å². The molecule has 1 aliphatic heterocycles. The Morgan fingerprint density at radius 1 is 1.37 bits per heavy atom. The number of aromatic nitrogens is 2. The summed E-state index contributed by atoms with van der Waals surface area (Å²) in [6.07, 6.45) is 3.01.